The second-order valence-corrected chi connectivity index (χ2v) is 8.36. The molecule has 0 radical (unpaired) electrons. The Kier molecular flexibility index (Phi) is 6.76. The minimum absolute atomic E-state index is 0.0296. The molecule has 162 valence electrons. The van der Waals surface area contributed by atoms with Gasteiger partial charge in [0.25, 0.3) is 0 Å². The lowest BCUT2D eigenvalue weighted by Crippen LogP contribution is -2.30. The van der Waals surface area contributed by atoms with Gasteiger partial charge in [0, 0.05) is 44.4 Å². The number of nitrogens with zero attached hydrogens (tertiary/aromatic N) is 4. The summed E-state index contributed by atoms with van der Waals surface area (Å²) in [5, 5.41) is 10.1. The molecule has 1 saturated heterocycles. The zero-order valence-electron chi connectivity index (χ0n) is 17.8. The molecule has 31 heavy (non-hydrogen) atoms. The van der Waals surface area contributed by atoms with Gasteiger partial charge in [-0.2, -0.15) is 5.10 Å². The van der Waals surface area contributed by atoms with Crippen molar-refractivity contribution in [3.63, 3.8) is 0 Å². The van der Waals surface area contributed by atoms with Crippen LogP contribution in [0.2, 0.25) is 0 Å². The van der Waals surface area contributed by atoms with Crippen molar-refractivity contribution in [2.45, 2.75) is 45.7 Å². The highest BCUT2D eigenvalue weighted by Crippen LogP contribution is 2.19. The van der Waals surface area contributed by atoms with E-state index in [1.807, 2.05) is 54.1 Å². The fraction of sp³-hybridized carbons (Fsp3) is 0.391. The van der Waals surface area contributed by atoms with Crippen LogP contribution in [0.5, 0.6) is 0 Å². The van der Waals surface area contributed by atoms with Crippen molar-refractivity contribution in [3.05, 3.63) is 58.5 Å². The maximum absolute atomic E-state index is 12.4. The zero-order chi connectivity index (χ0) is 21.6. The molecular formula is C23H28N6OS. The summed E-state index contributed by atoms with van der Waals surface area (Å²) in [6, 6.07) is 12.2. The van der Waals surface area contributed by atoms with E-state index < -0.39 is 0 Å². The van der Waals surface area contributed by atoms with E-state index in [4.69, 9.17) is 12.2 Å². The number of nitrogens with one attached hydrogen (secondary N) is 2. The molecule has 0 aliphatic carbocycles. The predicted molar refractivity (Wildman–Crippen MR) is 124 cm³/mol. The van der Waals surface area contributed by atoms with E-state index in [0.717, 1.165) is 35.9 Å². The van der Waals surface area contributed by atoms with Crippen LogP contribution in [0.1, 0.15) is 36.8 Å². The number of hydrogen-bond acceptors (Lipinski definition) is 5. The second-order valence-electron chi connectivity index (χ2n) is 7.97. The predicted octanol–water partition coefficient (Wildman–Crippen LogP) is 4.01. The molecule has 3 aromatic rings. The number of aromatic amines is 1. The van der Waals surface area contributed by atoms with Gasteiger partial charge in [0.15, 0.2) is 10.6 Å². The maximum atomic E-state index is 12.4. The number of benzene rings is 1. The Labute approximate surface area is 187 Å². The molecule has 4 rings (SSSR count). The third-order valence-corrected chi connectivity index (χ3v) is 5.92. The number of aromatic nitrogens is 4. The Morgan fingerprint density at radius 2 is 1.90 bits per heavy atom. The van der Waals surface area contributed by atoms with Crippen molar-refractivity contribution in [3.8, 4) is 11.4 Å². The summed E-state index contributed by atoms with van der Waals surface area (Å²) in [6.45, 7) is 5.13. The van der Waals surface area contributed by atoms with Gasteiger partial charge in [0.1, 0.15) is 5.82 Å². The van der Waals surface area contributed by atoms with E-state index >= 15 is 0 Å². The molecular weight excluding hydrogens is 408 g/mol. The first kappa shape index (κ1) is 21.2. The van der Waals surface area contributed by atoms with Gasteiger partial charge in [0.05, 0.1) is 0 Å². The van der Waals surface area contributed by atoms with Crippen molar-refractivity contribution < 1.29 is 4.79 Å². The Balaban J connectivity index is 1.30. The quantitative estimate of drug-likeness (QED) is 0.547. The molecule has 7 nitrogen and oxygen atoms in total. The SMILES string of the molecule is Cc1ccc(-c2n[nH]c(=S)n2CCC(=O)NCc2ccc(N3CCCCC3)nc2)cc1. The van der Waals surface area contributed by atoms with Gasteiger partial charge in [0.2, 0.25) is 5.91 Å². The van der Waals surface area contributed by atoms with Crippen LogP contribution >= 0.6 is 12.2 Å². The van der Waals surface area contributed by atoms with Crippen LogP contribution in [-0.2, 0) is 17.9 Å². The number of rotatable bonds is 7. The number of hydrogen-bond donors (Lipinski definition) is 2. The normalized spacial score (nSPS) is 13.9. The highest BCUT2D eigenvalue weighted by molar-refractivity contribution is 7.71. The number of carbonyl (C=O) groups is 1. The molecule has 1 fully saturated rings. The van der Waals surface area contributed by atoms with E-state index in [2.05, 4.69) is 25.4 Å². The van der Waals surface area contributed by atoms with Crippen LogP contribution in [0.25, 0.3) is 11.4 Å². The zero-order valence-corrected chi connectivity index (χ0v) is 18.6. The largest absolute Gasteiger partial charge is 0.357 e. The first-order valence-electron chi connectivity index (χ1n) is 10.8. The Morgan fingerprint density at radius 3 is 2.61 bits per heavy atom. The first-order valence-corrected chi connectivity index (χ1v) is 11.2. The number of carbonyl (C=O) groups excluding carboxylic acids is 1. The van der Waals surface area contributed by atoms with Crippen molar-refractivity contribution >= 4 is 23.9 Å². The topological polar surface area (TPSA) is 78.8 Å². The van der Waals surface area contributed by atoms with Crippen LogP contribution in [-0.4, -0.2) is 38.7 Å². The summed E-state index contributed by atoms with van der Waals surface area (Å²) in [4.78, 5) is 19.3. The average Bonchev–Trinajstić information content (AvgIpc) is 3.18. The van der Waals surface area contributed by atoms with Gasteiger partial charge >= 0.3 is 0 Å². The first-order chi connectivity index (χ1) is 15.1. The van der Waals surface area contributed by atoms with Gasteiger partial charge in [-0.1, -0.05) is 35.9 Å². The standard InChI is InChI=1S/C23H28N6OS/c1-17-5-8-19(9-6-17)22-26-27-23(31)29(22)14-11-21(30)25-16-18-7-10-20(24-15-18)28-12-3-2-4-13-28/h5-10,15H,2-4,11-14,16H2,1H3,(H,25,30)(H,27,31). The molecule has 2 N–H and O–H groups in total. The molecule has 3 heterocycles. The molecule has 1 amide bonds. The number of pyridine rings is 1. The lowest BCUT2D eigenvalue weighted by Gasteiger charge is -2.27. The number of anilines is 1. The van der Waals surface area contributed by atoms with E-state index in [9.17, 15) is 4.79 Å². The lowest BCUT2D eigenvalue weighted by molar-refractivity contribution is -0.121. The molecule has 1 aliphatic rings. The summed E-state index contributed by atoms with van der Waals surface area (Å²) >= 11 is 5.36. The van der Waals surface area contributed by atoms with Crippen LogP contribution in [0.15, 0.2) is 42.6 Å². The molecule has 0 atom stereocenters. The monoisotopic (exact) mass is 436 g/mol. The highest BCUT2D eigenvalue weighted by atomic mass is 32.1. The van der Waals surface area contributed by atoms with Crippen LogP contribution < -0.4 is 10.2 Å². The third kappa shape index (κ3) is 5.38. The third-order valence-electron chi connectivity index (χ3n) is 5.61. The average molecular weight is 437 g/mol. The number of H-pyrrole nitrogens is 1. The van der Waals surface area contributed by atoms with Crippen LogP contribution in [0, 0.1) is 11.7 Å². The molecule has 0 spiro atoms. The number of piperidine rings is 1. The number of aryl methyl sites for hydroxylation is 1. The van der Waals surface area contributed by atoms with Gasteiger partial charge in [-0.05, 0) is 50.0 Å². The van der Waals surface area contributed by atoms with Crippen molar-refractivity contribution in [2.24, 2.45) is 0 Å². The maximum Gasteiger partial charge on any atom is 0.222 e. The Hall–Kier alpha value is -3.00. The van der Waals surface area contributed by atoms with Crippen LogP contribution in [0.4, 0.5) is 5.82 Å². The molecule has 8 heteroatoms. The van der Waals surface area contributed by atoms with Gasteiger partial charge in [-0.3, -0.25) is 14.5 Å². The van der Waals surface area contributed by atoms with Crippen LogP contribution in [0.3, 0.4) is 0 Å². The minimum Gasteiger partial charge on any atom is -0.357 e. The van der Waals surface area contributed by atoms with Gasteiger partial charge in [-0.15, -0.1) is 0 Å². The van der Waals surface area contributed by atoms with E-state index in [1.54, 1.807) is 0 Å². The van der Waals surface area contributed by atoms with Gasteiger partial charge in [-0.25, -0.2) is 4.98 Å². The smallest absolute Gasteiger partial charge is 0.222 e. The second kappa shape index (κ2) is 9.87. The minimum atomic E-state index is -0.0296. The van der Waals surface area contributed by atoms with E-state index in [0.29, 0.717) is 24.3 Å². The fourth-order valence-corrected chi connectivity index (χ4v) is 4.01. The Bertz CT molecular complexity index is 1060. The number of amides is 1. The molecule has 0 saturated carbocycles. The van der Waals surface area contributed by atoms with Crippen molar-refractivity contribution in [1.82, 2.24) is 25.1 Å². The molecule has 2 aromatic heterocycles. The summed E-state index contributed by atoms with van der Waals surface area (Å²) in [5.74, 6) is 1.74. The summed E-state index contributed by atoms with van der Waals surface area (Å²) < 4.78 is 2.38. The van der Waals surface area contributed by atoms with E-state index in [-0.39, 0.29) is 5.91 Å². The van der Waals surface area contributed by atoms with Crippen molar-refractivity contribution in [2.75, 3.05) is 18.0 Å². The van der Waals surface area contributed by atoms with Crippen molar-refractivity contribution in [1.29, 1.82) is 0 Å². The summed E-state index contributed by atoms with van der Waals surface area (Å²) in [7, 11) is 0. The molecule has 0 bridgehead atoms. The fourth-order valence-electron chi connectivity index (χ4n) is 3.78. The molecule has 1 aliphatic heterocycles. The van der Waals surface area contributed by atoms with Gasteiger partial charge < -0.3 is 10.2 Å². The highest BCUT2D eigenvalue weighted by Gasteiger charge is 2.13. The summed E-state index contributed by atoms with van der Waals surface area (Å²) in [5.41, 5.74) is 3.15. The summed E-state index contributed by atoms with van der Waals surface area (Å²) in [6.07, 6.45) is 5.94. The Morgan fingerprint density at radius 1 is 1.13 bits per heavy atom. The molecule has 1 aromatic carbocycles. The molecule has 0 unspecified atom stereocenters. The lowest BCUT2D eigenvalue weighted by atomic mass is 10.1. The van der Waals surface area contributed by atoms with E-state index in [1.165, 1.54) is 24.8 Å².